The number of carbonyl (C=O) groups excluding carboxylic acids is 1. The summed E-state index contributed by atoms with van der Waals surface area (Å²) >= 11 is 0. The fourth-order valence-electron chi connectivity index (χ4n) is 3.77. The van der Waals surface area contributed by atoms with E-state index < -0.39 is 24.3 Å². The van der Waals surface area contributed by atoms with Gasteiger partial charge in [0.05, 0.1) is 17.7 Å². The topological polar surface area (TPSA) is 129 Å². The number of nitrogens with one attached hydrogen (secondary N) is 1. The number of carboxylic acid groups (broad SMARTS) is 1. The van der Waals surface area contributed by atoms with Gasteiger partial charge in [0.25, 0.3) is 0 Å². The highest BCUT2D eigenvalue weighted by molar-refractivity contribution is 5.91. The molecule has 0 aromatic heterocycles. The van der Waals surface area contributed by atoms with Crippen LogP contribution in [0, 0.1) is 11.3 Å². The van der Waals surface area contributed by atoms with Gasteiger partial charge in [0.15, 0.2) is 6.10 Å². The molecule has 8 nitrogen and oxygen atoms in total. The molecule has 180 valence electrons. The predicted molar refractivity (Wildman–Crippen MR) is 131 cm³/mol. The number of benzene rings is 3. The number of allylic oxidation sites excluding steroid dienone is 1. The molecule has 3 N–H and O–H groups in total. The van der Waals surface area contributed by atoms with E-state index in [9.17, 15) is 14.7 Å². The average Bonchev–Trinajstić information content (AvgIpc) is 2.85. The molecule has 0 aliphatic heterocycles. The zero-order chi connectivity index (χ0) is 25.2. The SMILES string of the molecule is CCO[C@@H](CC/C=C/C(=O)O)[C@@H](OC(=O)Nc1ccc(C#N)cc1)c1ccc(O)c2ccccc12. The summed E-state index contributed by atoms with van der Waals surface area (Å²) in [7, 11) is 0. The molecule has 0 unspecified atom stereocenters. The van der Waals surface area contributed by atoms with Crippen molar-refractivity contribution in [3.05, 3.63) is 83.9 Å². The summed E-state index contributed by atoms with van der Waals surface area (Å²) in [6.45, 7) is 2.17. The van der Waals surface area contributed by atoms with E-state index in [0.717, 1.165) is 6.08 Å². The molecule has 2 atom stereocenters. The van der Waals surface area contributed by atoms with Gasteiger partial charge in [-0.3, -0.25) is 5.32 Å². The number of nitrogens with zero attached hydrogens (tertiary/aromatic N) is 1. The molecule has 0 saturated carbocycles. The Hall–Kier alpha value is -4.35. The van der Waals surface area contributed by atoms with Gasteiger partial charge in [-0.1, -0.05) is 36.4 Å². The number of aliphatic carboxylic acids is 1. The number of rotatable bonds is 10. The van der Waals surface area contributed by atoms with E-state index in [1.807, 2.05) is 25.1 Å². The van der Waals surface area contributed by atoms with Crippen LogP contribution in [0.1, 0.15) is 37.0 Å². The number of anilines is 1. The molecule has 0 aliphatic rings. The van der Waals surface area contributed by atoms with Crippen LogP contribution in [-0.4, -0.2) is 35.0 Å². The maximum Gasteiger partial charge on any atom is 0.412 e. The van der Waals surface area contributed by atoms with Crippen LogP contribution < -0.4 is 5.32 Å². The molecular weight excluding hydrogens is 448 g/mol. The van der Waals surface area contributed by atoms with Crippen molar-refractivity contribution in [3.8, 4) is 11.8 Å². The van der Waals surface area contributed by atoms with Gasteiger partial charge >= 0.3 is 12.1 Å². The monoisotopic (exact) mass is 474 g/mol. The van der Waals surface area contributed by atoms with E-state index >= 15 is 0 Å². The number of ether oxygens (including phenoxy) is 2. The Morgan fingerprint density at radius 2 is 1.80 bits per heavy atom. The van der Waals surface area contributed by atoms with Gasteiger partial charge in [0.2, 0.25) is 0 Å². The van der Waals surface area contributed by atoms with Gasteiger partial charge in [-0.25, -0.2) is 9.59 Å². The molecule has 0 bridgehead atoms. The van der Waals surface area contributed by atoms with E-state index in [-0.39, 0.29) is 5.75 Å². The molecule has 3 rings (SSSR count). The summed E-state index contributed by atoms with van der Waals surface area (Å²) in [6, 6.07) is 18.8. The van der Waals surface area contributed by atoms with Gasteiger partial charge in [-0.2, -0.15) is 5.26 Å². The van der Waals surface area contributed by atoms with Crippen LogP contribution in [-0.2, 0) is 14.3 Å². The number of phenolic OH excluding ortho intramolecular Hbond substituents is 1. The van der Waals surface area contributed by atoms with Crippen LogP contribution in [0.15, 0.2) is 72.8 Å². The third-order valence-electron chi connectivity index (χ3n) is 5.33. The number of aromatic hydroxyl groups is 1. The van der Waals surface area contributed by atoms with Crippen LogP contribution >= 0.6 is 0 Å². The van der Waals surface area contributed by atoms with Crippen LogP contribution in [0.5, 0.6) is 5.75 Å². The van der Waals surface area contributed by atoms with Gasteiger partial charge in [-0.05, 0) is 55.5 Å². The quantitative estimate of drug-likeness (QED) is 0.329. The molecule has 0 spiro atoms. The number of nitriles is 1. The highest BCUT2D eigenvalue weighted by Gasteiger charge is 2.29. The lowest BCUT2D eigenvalue weighted by Crippen LogP contribution is -2.29. The first kappa shape index (κ1) is 25.3. The Kier molecular flexibility index (Phi) is 8.82. The first-order valence-corrected chi connectivity index (χ1v) is 11.1. The number of fused-ring (bicyclic) bond motifs is 1. The first-order valence-electron chi connectivity index (χ1n) is 11.1. The van der Waals surface area contributed by atoms with Crippen molar-refractivity contribution < 1.29 is 29.3 Å². The number of hydrogen-bond acceptors (Lipinski definition) is 6. The summed E-state index contributed by atoms with van der Waals surface area (Å²) in [5, 5.41) is 32.1. The summed E-state index contributed by atoms with van der Waals surface area (Å²) in [4.78, 5) is 23.7. The predicted octanol–water partition coefficient (Wildman–Crippen LogP) is 5.53. The third-order valence-corrected chi connectivity index (χ3v) is 5.33. The van der Waals surface area contributed by atoms with E-state index in [0.29, 0.717) is 47.0 Å². The number of phenols is 1. The molecule has 8 heteroatoms. The van der Waals surface area contributed by atoms with Crippen molar-refractivity contribution in [3.63, 3.8) is 0 Å². The molecule has 0 fully saturated rings. The highest BCUT2D eigenvalue weighted by Crippen LogP contribution is 2.36. The second-order valence-corrected chi connectivity index (χ2v) is 7.67. The maximum atomic E-state index is 12.9. The molecule has 35 heavy (non-hydrogen) atoms. The molecule has 1 amide bonds. The molecule has 0 heterocycles. The van der Waals surface area contributed by atoms with Gasteiger partial charge in [-0.15, -0.1) is 0 Å². The molecular formula is C27H26N2O6. The Labute approximate surface area is 203 Å². The van der Waals surface area contributed by atoms with Crippen molar-refractivity contribution in [1.29, 1.82) is 5.26 Å². The highest BCUT2D eigenvalue weighted by atomic mass is 16.6. The van der Waals surface area contributed by atoms with Crippen molar-refractivity contribution in [2.75, 3.05) is 11.9 Å². The Bertz CT molecular complexity index is 1250. The second kappa shape index (κ2) is 12.2. The zero-order valence-electron chi connectivity index (χ0n) is 19.2. The van der Waals surface area contributed by atoms with Crippen molar-refractivity contribution in [2.24, 2.45) is 0 Å². The van der Waals surface area contributed by atoms with E-state index in [2.05, 4.69) is 5.32 Å². The maximum absolute atomic E-state index is 12.9. The Morgan fingerprint density at radius 1 is 1.09 bits per heavy atom. The average molecular weight is 475 g/mol. The number of carbonyl (C=O) groups is 2. The zero-order valence-corrected chi connectivity index (χ0v) is 19.2. The van der Waals surface area contributed by atoms with E-state index in [4.69, 9.17) is 19.8 Å². The molecule has 3 aromatic rings. The van der Waals surface area contributed by atoms with Gasteiger partial charge in [0.1, 0.15) is 5.75 Å². The molecule has 0 radical (unpaired) electrons. The van der Waals surface area contributed by atoms with E-state index in [1.54, 1.807) is 48.5 Å². The minimum absolute atomic E-state index is 0.0995. The molecule has 0 saturated heterocycles. The normalized spacial score (nSPS) is 12.7. The molecule has 0 aliphatic carbocycles. The number of amides is 1. The van der Waals surface area contributed by atoms with Gasteiger partial charge < -0.3 is 19.7 Å². The van der Waals surface area contributed by atoms with Crippen molar-refractivity contribution >= 4 is 28.5 Å². The minimum Gasteiger partial charge on any atom is -0.507 e. The van der Waals surface area contributed by atoms with E-state index in [1.165, 1.54) is 6.08 Å². The number of hydrogen-bond donors (Lipinski definition) is 3. The third kappa shape index (κ3) is 6.82. The summed E-state index contributed by atoms with van der Waals surface area (Å²) in [5.74, 6) is -0.945. The largest absolute Gasteiger partial charge is 0.507 e. The summed E-state index contributed by atoms with van der Waals surface area (Å²) in [5.41, 5.74) is 1.57. The van der Waals surface area contributed by atoms with Crippen LogP contribution in [0.25, 0.3) is 10.8 Å². The van der Waals surface area contributed by atoms with Crippen molar-refractivity contribution in [2.45, 2.75) is 32.0 Å². The second-order valence-electron chi connectivity index (χ2n) is 7.67. The van der Waals surface area contributed by atoms with Crippen molar-refractivity contribution in [1.82, 2.24) is 0 Å². The Morgan fingerprint density at radius 3 is 2.46 bits per heavy atom. The summed E-state index contributed by atoms with van der Waals surface area (Å²) in [6.07, 6.45) is 1.22. The lowest BCUT2D eigenvalue weighted by atomic mass is 9.94. The van der Waals surface area contributed by atoms with Gasteiger partial charge in [0, 0.05) is 29.3 Å². The smallest absolute Gasteiger partial charge is 0.412 e. The fraction of sp³-hybridized carbons (Fsp3) is 0.222. The lowest BCUT2D eigenvalue weighted by Gasteiger charge is -2.28. The Balaban J connectivity index is 1.94. The minimum atomic E-state index is -1.04. The van der Waals surface area contributed by atoms with Crippen LogP contribution in [0.4, 0.5) is 10.5 Å². The first-order chi connectivity index (χ1) is 16.9. The molecule has 3 aromatic carbocycles. The lowest BCUT2D eigenvalue weighted by molar-refractivity contribution is -0.131. The van der Waals surface area contributed by atoms with Crippen LogP contribution in [0.3, 0.4) is 0 Å². The fourth-order valence-corrected chi connectivity index (χ4v) is 3.77. The number of carboxylic acids is 1. The van der Waals surface area contributed by atoms with Crippen LogP contribution in [0.2, 0.25) is 0 Å². The summed E-state index contributed by atoms with van der Waals surface area (Å²) < 4.78 is 11.8. The standard InChI is InChI=1S/C27H26N2O6/c1-2-34-24(9-5-6-10-25(31)32)26(22-15-16-23(30)21-8-4-3-7-20(21)22)35-27(33)29-19-13-11-18(17-28)12-14-19/h3-4,6-8,10-16,24,26,30H,2,5,9H2,1H3,(H,29,33)(H,31,32)/b10-6+/t24-,26-/m0/s1.